The first-order valence-electron chi connectivity index (χ1n) is 7.53. The summed E-state index contributed by atoms with van der Waals surface area (Å²) in [5.74, 6) is -0.0119. The highest BCUT2D eigenvalue weighted by atomic mass is 35.5. The summed E-state index contributed by atoms with van der Waals surface area (Å²) < 4.78 is 5.27. The molecule has 0 bridgehead atoms. The van der Waals surface area contributed by atoms with E-state index in [1.807, 2.05) is 30.3 Å². The molecule has 1 fully saturated rings. The van der Waals surface area contributed by atoms with E-state index in [4.69, 9.17) is 16.3 Å². The normalized spacial score (nSPS) is 14.6. The highest BCUT2D eigenvalue weighted by Crippen LogP contribution is 2.17. The Morgan fingerprint density at radius 3 is 2.83 bits per heavy atom. The smallest absolute Gasteiger partial charge is 0.255 e. The van der Waals surface area contributed by atoms with Gasteiger partial charge in [-0.1, -0.05) is 29.8 Å². The van der Waals surface area contributed by atoms with Crippen LogP contribution in [0.3, 0.4) is 0 Å². The van der Waals surface area contributed by atoms with Gasteiger partial charge < -0.3 is 15.0 Å². The van der Waals surface area contributed by atoms with Crippen molar-refractivity contribution >= 4 is 23.2 Å². The molecule has 1 amide bonds. The molecule has 0 aliphatic carbocycles. The van der Waals surface area contributed by atoms with Gasteiger partial charge in [-0.15, -0.1) is 0 Å². The van der Waals surface area contributed by atoms with Gasteiger partial charge in [-0.2, -0.15) is 0 Å². The van der Waals surface area contributed by atoms with E-state index < -0.39 is 0 Å². The summed E-state index contributed by atoms with van der Waals surface area (Å²) in [6.07, 6.45) is 3.30. The minimum Gasteiger partial charge on any atom is -0.380 e. The van der Waals surface area contributed by atoms with E-state index in [-0.39, 0.29) is 5.91 Å². The Morgan fingerprint density at radius 2 is 2.04 bits per heavy atom. The van der Waals surface area contributed by atoms with Crippen LogP contribution in [-0.4, -0.2) is 42.1 Å². The predicted octanol–water partition coefficient (Wildman–Crippen LogP) is 2.82. The van der Waals surface area contributed by atoms with Crippen LogP contribution >= 0.6 is 11.6 Å². The SMILES string of the molecule is O=C(c1cncc(NCc2ccccc2Cl)c1)N1CCOCC1. The molecular weight excluding hydrogens is 314 g/mol. The number of carbonyl (C=O) groups excluding carboxylic acids is 1. The third kappa shape index (κ3) is 4.00. The number of pyridine rings is 1. The van der Waals surface area contributed by atoms with E-state index in [2.05, 4.69) is 10.3 Å². The third-order valence-corrected chi connectivity index (χ3v) is 4.09. The number of amides is 1. The second kappa shape index (κ2) is 7.44. The lowest BCUT2D eigenvalue weighted by atomic mass is 10.2. The number of nitrogens with one attached hydrogen (secondary N) is 1. The fourth-order valence-electron chi connectivity index (χ4n) is 2.44. The number of benzene rings is 1. The van der Waals surface area contributed by atoms with Gasteiger partial charge in [-0.3, -0.25) is 9.78 Å². The maximum absolute atomic E-state index is 12.5. The molecule has 0 saturated carbocycles. The maximum atomic E-state index is 12.5. The van der Waals surface area contributed by atoms with Crippen molar-refractivity contribution in [2.45, 2.75) is 6.54 Å². The second-order valence-electron chi connectivity index (χ2n) is 5.31. The van der Waals surface area contributed by atoms with Crippen molar-refractivity contribution in [1.82, 2.24) is 9.88 Å². The zero-order valence-corrected chi connectivity index (χ0v) is 13.4. The van der Waals surface area contributed by atoms with Crippen LogP contribution in [0.2, 0.25) is 5.02 Å². The molecule has 120 valence electrons. The number of aromatic nitrogens is 1. The molecule has 5 nitrogen and oxygen atoms in total. The number of halogens is 1. The minimum absolute atomic E-state index is 0.0119. The van der Waals surface area contributed by atoms with E-state index in [1.54, 1.807) is 17.3 Å². The number of hydrogen-bond donors (Lipinski definition) is 1. The molecule has 6 heteroatoms. The summed E-state index contributed by atoms with van der Waals surface area (Å²) in [4.78, 5) is 18.4. The first kappa shape index (κ1) is 15.8. The number of nitrogens with zero attached hydrogens (tertiary/aromatic N) is 2. The second-order valence-corrected chi connectivity index (χ2v) is 5.72. The Bertz CT molecular complexity index is 687. The molecule has 3 rings (SSSR count). The first-order valence-corrected chi connectivity index (χ1v) is 7.91. The molecule has 1 aliphatic heterocycles. The van der Waals surface area contributed by atoms with E-state index in [1.165, 1.54) is 0 Å². The van der Waals surface area contributed by atoms with Gasteiger partial charge in [-0.05, 0) is 17.7 Å². The molecule has 1 aromatic heterocycles. The van der Waals surface area contributed by atoms with Gasteiger partial charge in [-0.25, -0.2) is 0 Å². The Labute approximate surface area is 140 Å². The van der Waals surface area contributed by atoms with Crippen LogP contribution in [0.25, 0.3) is 0 Å². The standard InChI is InChI=1S/C17H18ClN3O2/c18-16-4-2-1-3-13(16)11-20-15-9-14(10-19-12-15)17(22)21-5-7-23-8-6-21/h1-4,9-10,12,20H,5-8,11H2. The molecule has 1 aliphatic rings. The van der Waals surface area contributed by atoms with Crippen molar-refractivity contribution in [2.24, 2.45) is 0 Å². The van der Waals surface area contributed by atoms with Crippen molar-refractivity contribution in [1.29, 1.82) is 0 Å². The monoisotopic (exact) mass is 331 g/mol. The van der Waals surface area contributed by atoms with Gasteiger partial charge in [0, 0.05) is 37.1 Å². The first-order chi connectivity index (χ1) is 11.2. The summed E-state index contributed by atoms with van der Waals surface area (Å²) >= 11 is 6.15. The zero-order valence-electron chi connectivity index (χ0n) is 12.7. The molecule has 1 aromatic carbocycles. The number of hydrogen-bond acceptors (Lipinski definition) is 4. The van der Waals surface area contributed by atoms with Crippen LogP contribution < -0.4 is 5.32 Å². The van der Waals surface area contributed by atoms with Gasteiger partial charge in [0.2, 0.25) is 0 Å². The quantitative estimate of drug-likeness (QED) is 0.936. The van der Waals surface area contributed by atoms with Crippen molar-refractivity contribution in [3.8, 4) is 0 Å². The van der Waals surface area contributed by atoms with Crippen LogP contribution in [0.15, 0.2) is 42.7 Å². The lowest BCUT2D eigenvalue weighted by Gasteiger charge is -2.26. The summed E-state index contributed by atoms with van der Waals surface area (Å²) in [6, 6.07) is 9.48. The van der Waals surface area contributed by atoms with E-state index in [9.17, 15) is 4.79 Å². The van der Waals surface area contributed by atoms with Crippen molar-refractivity contribution in [3.05, 3.63) is 58.9 Å². The van der Waals surface area contributed by atoms with Crippen LogP contribution in [-0.2, 0) is 11.3 Å². The molecule has 1 saturated heterocycles. The molecule has 0 atom stereocenters. The van der Waals surface area contributed by atoms with Crippen molar-refractivity contribution in [3.63, 3.8) is 0 Å². The Morgan fingerprint density at radius 1 is 1.26 bits per heavy atom. The van der Waals surface area contributed by atoms with Gasteiger partial charge in [0.05, 0.1) is 24.5 Å². The number of anilines is 1. The molecule has 0 spiro atoms. The third-order valence-electron chi connectivity index (χ3n) is 3.72. The Hall–Kier alpha value is -2.11. The molecule has 23 heavy (non-hydrogen) atoms. The van der Waals surface area contributed by atoms with Gasteiger partial charge in [0.15, 0.2) is 0 Å². The highest BCUT2D eigenvalue weighted by Gasteiger charge is 2.18. The summed E-state index contributed by atoms with van der Waals surface area (Å²) in [6.45, 7) is 3.00. The largest absolute Gasteiger partial charge is 0.380 e. The highest BCUT2D eigenvalue weighted by molar-refractivity contribution is 6.31. The summed E-state index contributed by atoms with van der Waals surface area (Å²) in [5.41, 5.74) is 2.37. The van der Waals surface area contributed by atoms with Gasteiger partial charge >= 0.3 is 0 Å². The van der Waals surface area contributed by atoms with E-state index in [0.717, 1.165) is 11.3 Å². The molecule has 0 unspecified atom stereocenters. The lowest BCUT2D eigenvalue weighted by molar-refractivity contribution is 0.0302. The molecule has 2 aromatic rings. The fraction of sp³-hybridized carbons (Fsp3) is 0.294. The van der Waals surface area contributed by atoms with Crippen molar-refractivity contribution in [2.75, 3.05) is 31.6 Å². The van der Waals surface area contributed by atoms with E-state index >= 15 is 0 Å². The Kier molecular flexibility index (Phi) is 5.10. The zero-order chi connectivity index (χ0) is 16.1. The van der Waals surface area contributed by atoms with Gasteiger partial charge in [0.1, 0.15) is 0 Å². The average molecular weight is 332 g/mol. The topological polar surface area (TPSA) is 54.5 Å². The number of morpholine rings is 1. The van der Waals surface area contributed by atoms with Crippen molar-refractivity contribution < 1.29 is 9.53 Å². The van der Waals surface area contributed by atoms with Gasteiger partial charge in [0.25, 0.3) is 5.91 Å². The Balaban J connectivity index is 1.67. The molecular formula is C17H18ClN3O2. The number of rotatable bonds is 4. The number of carbonyl (C=O) groups is 1. The maximum Gasteiger partial charge on any atom is 0.255 e. The number of ether oxygens (including phenoxy) is 1. The fourth-order valence-corrected chi connectivity index (χ4v) is 2.64. The molecule has 1 N–H and O–H groups in total. The van der Waals surface area contributed by atoms with Crippen LogP contribution in [0.5, 0.6) is 0 Å². The minimum atomic E-state index is -0.0119. The lowest BCUT2D eigenvalue weighted by Crippen LogP contribution is -2.40. The summed E-state index contributed by atoms with van der Waals surface area (Å²) in [7, 11) is 0. The van der Waals surface area contributed by atoms with Crippen LogP contribution in [0.4, 0.5) is 5.69 Å². The van der Waals surface area contributed by atoms with Crippen LogP contribution in [0, 0.1) is 0 Å². The predicted molar refractivity (Wildman–Crippen MR) is 89.7 cm³/mol. The molecule has 0 radical (unpaired) electrons. The van der Waals surface area contributed by atoms with E-state index in [0.29, 0.717) is 43.4 Å². The molecule has 2 heterocycles. The van der Waals surface area contributed by atoms with Crippen LogP contribution in [0.1, 0.15) is 15.9 Å². The average Bonchev–Trinajstić information content (AvgIpc) is 2.61. The summed E-state index contributed by atoms with van der Waals surface area (Å²) in [5, 5.41) is 3.97.